The Morgan fingerprint density at radius 1 is 1.29 bits per heavy atom. The number of aryl methyl sites for hydroxylation is 1. The average molecular weight is 430 g/mol. The second-order valence-electron chi connectivity index (χ2n) is 5.67. The molecule has 3 aromatic rings. The Bertz CT molecular complexity index is 1030. The molecule has 28 heavy (non-hydrogen) atoms. The van der Waals surface area contributed by atoms with Crippen LogP contribution in [-0.4, -0.2) is 16.6 Å². The second kappa shape index (κ2) is 9.60. The number of rotatable bonds is 7. The first kappa shape index (κ1) is 20.2. The number of hydrogen-bond acceptors (Lipinski definition) is 6. The van der Waals surface area contributed by atoms with Crippen molar-refractivity contribution in [2.24, 2.45) is 0 Å². The van der Waals surface area contributed by atoms with Gasteiger partial charge < -0.3 is 4.74 Å². The van der Waals surface area contributed by atoms with E-state index in [1.807, 2.05) is 31.2 Å². The van der Waals surface area contributed by atoms with Gasteiger partial charge in [0.2, 0.25) is 0 Å². The normalized spacial score (nSPS) is 10.3. The number of nitrogens with zero attached hydrogens (tertiary/aromatic N) is 2. The van der Waals surface area contributed by atoms with Gasteiger partial charge in [-0.1, -0.05) is 65.0 Å². The predicted octanol–water partition coefficient (Wildman–Crippen LogP) is 5.55. The van der Waals surface area contributed by atoms with Crippen molar-refractivity contribution in [2.75, 3.05) is 11.1 Å². The molecule has 1 heterocycles. The Labute approximate surface area is 176 Å². The molecule has 0 fully saturated rings. The third-order valence-electron chi connectivity index (χ3n) is 3.72. The first-order chi connectivity index (χ1) is 13.6. The van der Waals surface area contributed by atoms with Gasteiger partial charge in [-0.25, -0.2) is 4.98 Å². The molecular formula is C20H16ClN3O2S2. The van der Waals surface area contributed by atoms with Gasteiger partial charge in [0.15, 0.2) is 5.13 Å². The Morgan fingerprint density at radius 3 is 2.82 bits per heavy atom. The molecule has 1 aromatic heterocycles. The lowest BCUT2D eigenvalue weighted by atomic mass is 10.2. The van der Waals surface area contributed by atoms with E-state index in [0.29, 0.717) is 27.2 Å². The quantitative estimate of drug-likeness (QED) is 0.498. The van der Waals surface area contributed by atoms with Crippen molar-refractivity contribution >= 4 is 45.7 Å². The third-order valence-corrected chi connectivity index (χ3v) is 6.39. The Kier molecular flexibility index (Phi) is 6.93. The molecule has 0 aliphatic heterocycles. The van der Waals surface area contributed by atoms with Crippen LogP contribution in [0.2, 0.25) is 5.02 Å². The van der Waals surface area contributed by atoms with Crippen LogP contribution in [0.5, 0.6) is 5.75 Å². The first-order valence-corrected chi connectivity index (χ1v) is 10.5. The minimum atomic E-state index is -0.305. The lowest BCUT2D eigenvalue weighted by Crippen LogP contribution is -2.13. The van der Waals surface area contributed by atoms with Gasteiger partial charge in [0.1, 0.15) is 12.4 Å². The number of anilines is 1. The van der Waals surface area contributed by atoms with Crippen LogP contribution in [0.1, 0.15) is 21.6 Å². The van der Waals surface area contributed by atoms with Gasteiger partial charge >= 0.3 is 0 Å². The lowest BCUT2D eigenvalue weighted by Gasteiger charge is -2.11. The molecule has 0 saturated heterocycles. The summed E-state index contributed by atoms with van der Waals surface area (Å²) < 4.78 is 6.76. The number of carbonyl (C=O) groups is 1. The number of para-hydroxylation sites is 1. The maximum absolute atomic E-state index is 12.7. The van der Waals surface area contributed by atoms with Crippen molar-refractivity contribution in [3.63, 3.8) is 0 Å². The summed E-state index contributed by atoms with van der Waals surface area (Å²) in [5, 5.41) is 12.6. The molecule has 0 bridgehead atoms. The number of ether oxygens (including phenoxy) is 1. The maximum Gasteiger partial charge on any atom is 0.261 e. The summed E-state index contributed by atoms with van der Waals surface area (Å²) in [7, 11) is 0. The molecule has 5 nitrogen and oxygen atoms in total. The SMILES string of the molecule is Cc1nc(NC(=O)c2ccccc2OCc2ccccc2Cl)sc1SCC#N. The molecule has 0 aliphatic carbocycles. The monoisotopic (exact) mass is 429 g/mol. The van der Waals surface area contributed by atoms with E-state index in [-0.39, 0.29) is 12.5 Å². The highest BCUT2D eigenvalue weighted by molar-refractivity contribution is 8.01. The van der Waals surface area contributed by atoms with Crippen molar-refractivity contribution < 1.29 is 9.53 Å². The van der Waals surface area contributed by atoms with E-state index < -0.39 is 0 Å². The van der Waals surface area contributed by atoms with Crippen LogP contribution in [0.3, 0.4) is 0 Å². The van der Waals surface area contributed by atoms with Gasteiger partial charge in [0, 0.05) is 10.6 Å². The molecule has 8 heteroatoms. The standard InChI is InChI=1S/C20H16ClN3O2S2/c1-13-19(27-11-10-22)28-20(23-13)24-18(25)15-7-3-5-9-17(15)26-12-14-6-2-4-8-16(14)21/h2-9H,11-12H2,1H3,(H,23,24,25). The van der Waals surface area contributed by atoms with Crippen LogP contribution in [0, 0.1) is 18.3 Å². The zero-order valence-electron chi connectivity index (χ0n) is 14.9. The fraction of sp³-hybridized carbons (Fsp3) is 0.150. The molecule has 0 radical (unpaired) electrons. The van der Waals surface area contributed by atoms with Crippen LogP contribution in [0.25, 0.3) is 0 Å². The number of thiazole rings is 1. The van der Waals surface area contributed by atoms with Gasteiger partial charge in [-0.05, 0) is 25.1 Å². The number of amides is 1. The van der Waals surface area contributed by atoms with E-state index >= 15 is 0 Å². The number of nitrogens with one attached hydrogen (secondary N) is 1. The van der Waals surface area contributed by atoms with Crippen molar-refractivity contribution in [2.45, 2.75) is 17.7 Å². The first-order valence-electron chi connectivity index (χ1n) is 8.32. The Balaban J connectivity index is 1.72. The van der Waals surface area contributed by atoms with Crippen molar-refractivity contribution in [3.05, 3.63) is 70.4 Å². The average Bonchev–Trinajstić information content (AvgIpc) is 3.04. The van der Waals surface area contributed by atoms with Crippen LogP contribution >= 0.6 is 34.7 Å². The van der Waals surface area contributed by atoms with E-state index in [9.17, 15) is 4.79 Å². The van der Waals surface area contributed by atoms with Crippen LogP contribution in [0.15, 0.2) is 52.7 Å². The lowest BCUT2D eigenvalue weighted by molar-refractivity contribution is 0.102. The summed E-state index contributed by atoms with van der Waals surface area (Å²) in [5.41, 5.74) is 2.05. The third kappa shape index (κ3) is 5.04. The fourth-order valence-electron chi connectivity index (χ4n) is 2.38. The molecular weight excluding hydrogens is 414 g/mol. The molecule has 0 saturated carbocycles. The van der Waals surface area contributed by atoms with Crippen molar-refractivity contribution in [3.8, 4) is 11.8 Å². The van der Waals surface area contributed by atoms with Gasteiger partial charge in [-0.15, -0.1) is 0 Å². The predicted molar refractivity (Wildman–Crippen MR) is 113 cm³/mol. The van der Waals surface area contributed by atoms with Crippen molar-refractivity contribution in [1.29, 1.82) is 5.26 Å². The highest BCUT2D eigenvalue weighted by Gasteiger charge is 2.16. The van der Waals surface area contributed by atoms with E-state index in [0.717, 1.165) is 15.5 Å². The van der Waals surface area contributed by atoms with Gasteiger partial charge in [0.25, 0.3) is 5.91 Å². The molecule has 0 spiro atoms. The molecule has 3 rings (SSSR count). The Morgan fingerprint density at radius 2 is 2.04 bits per heavy atom. The molecule has 0 atom stereocenters. The summed E-state index contributed by atoms with van der Waals surface area (Å²) in [5.74, 6) is 0.502. The summed E-state index contributed by atoms with van der Waals surface area (Å²) >= 11 is 8.92. The number of carbonyl (C=O) groups excluding carboxylic acids is 1. The number of halogens is 1. The van der Waals surface area contributed by atoms with Gasteiger partial charge in [-0.2, -0.15) is 5.26 Å². The maximum atomic E-state index is 12.7. The number of benzene rings is 2. The fourth-order valence-corrected chi connectivity index (χ4v) is 4.37. The minimum Gasteiger partial charge on any atom is -0.488 e. The molecule has 142 valence electrons. The smallest absolute Gasteiger partial charge is 0.261 e. The highest BCUT2D eigenvalue weighted by Crippen LogP contribution is 2.32. The van der Waals surface area contributed by atoms with Crippen LogP contribution < -0.4 is 10.1 Å². The molecule has 1 amide bonds. The highest BCUT2D eigenvalue weighted by atomic mass is 35.5. The molecule has 0 aliphatic rings. The zero-order valence-corrected chi connectivity index (χ0v) is 17.3. The topological polar surface area (TPSA) is 75.0 Å². The second-order valence-corrected chi connectivity index (χ2v) is 8.32. The van der Waals surface area contributed by atoms with E-state index in [1.54, 1.807) is 24.3 Å². The number of nitriles is 1. The summed E-state index contributed by atoms with van der Waals surface area (Å²) in [4.78, 5) is 17.1. The summed E-state index contributed by atoms with van der Waals surface area (Å²) in [6.45, 7) is 2.11. The number of aromatic nitrogens is 1. The molecule has 2 aromatic carbocycles. The summed E-state index contributed by atoms with van der Waals surface area (Å²) in [6.07, 6.45) is 0. The van der Waals surface area contributed by atoms with Gasteiger partial charge in [0.05, 0.1) is 27.3 Å². The zero-order chi connectivity index (χ0) is 19.9. The van der Waals surface area contributed by atoms with Crippen LogP contribution in [0.4, 0.5) is 5.13 Å². The molecule has 0 unspecified atom stereocenters. The van der Waals surface area contributed by atoms with E-state index in [2.05, 4.69) is 16.4 Å². The minimum absolute atomic E-state index is 0.259. The number of hydrogen-bond donors (Lipinski definition) is 1. The van der Waals surface area contributed by atoms with Crippen molar-refractivity contribution in [1.82, 2.24) is 4.98 Å². The Hall–Kier alpha value is -2.53. The molecule has 1 N–H and O–H groups in total. The number of thioether (sulfide) groups is 1. The van der Waals surface area contributed by atoms with Crippen LogP contribution in [-0.2, 0) is 6.61 Å². The van der Waals surface area contributed by atoms with E-state index in [4.69, 9.17) is 21.6 Å². The summed E-state index contributed by atoms with van der Waals surface area (Å²) in [6, 6.07) is 16.5. The largest absolute Gasteiger partial charge is 0.488 e. The van der Waals surface area contributed by atoms with Gasteiger partial charge in [-0.3, -0.25) is 10.1 Å². The van der Waals surface area contributed by atoms with E-state index in [1.165, 1.54) is 23.1 Å².